The van der Waals surface area contributed by atoms with Gasteiger partial charge in [0.25, 0.3) is 0 Å². The predicted molar refractivity (Wildman–Crippen MR) is 93.4 cm³/mol. The Morgan fingerprint density at radius 1 is 1.32 bits per heavy atom. The first-order valence-electron chi connectivity index (χ1n) is 8.15. The topological polar surface area (TPSA) is 44.4 Å². The Kier molecular flexibility index (Phi) is 6.46. The number of piperidine rings is 1. The molecule has 22 heavy (non-hydrogen) atoms. The van der Waals surface area contributed by atoms with Gasteiger partial charge in [0.15, 0.2) is 0 Å². The number of hydrogen-bond acceptors (Lipinski definition) is 3. The van der Waals surface area contributed by atoms with E-state index in [1.165, 1.54) is 18.5 Å². The normalized spacial score (nSPS) is 15.6. The van der Waals surface area contributed by atoms with Crippen molar-refractivity contribution in [2.75, 3.05) is 36.4 Å². The van der Waals surface area contributed by atoms with Crippen molar-refractivity contribution in [1.29, 1.82) is 0 Å². The van der Waals surface area contributed by atoms with Gasteiger partial charge in [-0.25, -0.2) is 0 Å². The lowest BCUT2D eigenvalue weighted by Crippen LogP contribution is -2.32. The summed E-state index contributed by atoms with van der Waals surface area (Å²) in [6, 6.07) is 8.17. The van der Waals surface area contributed by atoms with E-state index in [2.05, 4.69) is 41.2 Å². The second kappa shape index (κ2) is 8.59. The second-order valence-electron chi connectivity index (χ2n) is 6.01. The van der Waals surface area contributed by atoms with Crippen molar-refractivity contribution in [2.45, 2.75) is 26.2 Å². The van der Waals surface area contributed by atoms with Crippen molar-refractivity contribution >= 4 is 17.3 Å². The number of benzene rings is 1. The third kappa shape index (κ3) is 5.19. The first kappa shape index (κ1) is 16.6. The van der Waals surface area contributed by atoms with Crippen LogP contribution >= 0.6 is 0 Å². The summed E-state index contributed by atoms with van der Waals surface area (Å²) in [6.45, 7) is 9.60. The average molecular weight is 301 g/mol. The van der Waals surface area contributed by atoms with Crippen LogP contribution in [0.5, 0.6) is 0 Å². The van der Waals surface area contributed by atoms with Gasteiger partial charge in [0, 0.05) is 44.0 Å². The molecule has 0 spiro atoms. The second-order valence-corrected chi connectivity index (χ2v) is 6.01. The van der Waals surface area contributed by atoms with Gasteiger partial charge in [-0.1, -0.05) is 13.0 Å². The highest BCUT2D eigenvalue weighted by Crippen LogP contribution is 2.24. The molecule has 0 radical (unpaired) electrons. The molecule has 4 nitrogen and oxygen atoms in total. The third-order valence-electron chi connectivity index (χ3n) is 4.12. The zero-order valence-corrected chi connectivity index (χ0v) is 13.5. The summed E-state index contributed by atoms with van der Waals surface area (Å²) < 4.78 is 0. The maximum Gasteiger partial charge on any atom is 0.225 e. The molecule has 0 aromatic heterocycles. The molecule has 1 aliphatic rings. The predicted octanol–water partition coefficient (Wildman–Crippen LogP) is 3.03. The standard InChI is InChI=1S/C18H27N3O/c1-3-11-19-12-8-18(22)20-16-4-6-17(7-5-16)21-13-9-15(2)10-14-21/h3-7,15,19H,1,8-14H2,2H3,(H,20,22). The number of carbonyl (C=O) groups is 1. The Hall–Kier alpha value is -1.81. The van der Waals surface area contributed by atoms with Gasteiger partial charge in [-0.05, 0) is 43.0 Å². The van der Waals surface area contributed by atoms with Gasteiger partial charge in [0.2, 0.25) is 5.91 Å². The molecule has 120 valence electrons. The summed E-state index contributed by atoms with van der Waals surface area (Å²) in [5, 5.41) is 6.05. The van der Waals surface area contributed by atoms with E-state index in [0.717, 1.165) is 31.2 Å². The smallest absolute Gasteiger partial charge is 0.225 e. The molecule has 0 atom stereocenters. The van der Waals surface area contributed by atoms with Gasteiger partial charge in [-0.2, -0.15) is 0 Å². The van der Waals surface area contributed by atoms with Crippen LogP contribution in [-0.2, 0) is 4.79 Å². The molecule has 1 heterocycles. The molecule has 2 N–H and O–H groups in total. The van der Waals surface area contributed by atoms with E-state index in [-0.39, 0.29) is 5.91 Å². The molecule has 2 rings (SSSR count). The molecule has 0 bridgehead atoms. The fourth-order valence-electron chi connectivity index (χ4n) is 2.65. The molecule has 0 unspecified atom stereocenters. The molecule has 0 saturated carbocycles. The Labute approximate surface area is 133 Å². The summed E-state index contributed by atoms with van der Waals surface area (Å²) >= 11 is 0. The highest BCUT2D eigenvalue weighted by Gasteiger charge is 2.15. The Bertz CT molecular complexity index is 476. The van der Waals surface area contributed by atoms with Gasteiger partial charge in [-0.3, -0.25) is 4.79 Å². The van der Waals surface area contributed by atoms with Crippen LogP contribution in [0.15, 0.2) is 36.9 Å². The van der Waals surface area contributed by atoms with E-state index in [1.807, 2.05) is 12.1 Å². The summed E-state index contributed by atoms with van der Waals surface area (Å²) in [6.07, 6.45) is 4.78. The van der Waals surface area contributed by atoms with E-state index in [4.69, 9.17) is 0 Å². The van der Waals surface area contributed by atoms with Gasteiger partial charge in [0.1, 0.15) is 0 Å². The van der Waals surface area contributed by atoms with Crippen LogP contribution in [-0.4, -0.2) is 32.1 Å². The molecule has 1 fully saturated rings. The van der Waals surface area contributed by atoms with Gasteiger partial charge < -0.3 is 15.5 Å². The van der Waals surface area contributed by atoms with Crippen LogP contribution < -0.4 is 15.5 Å². The lowest BCUT2D eigenvalue weighted by molar-refractivity contribution is -0.116. The van der Waals surface area contributed by atoms with Crippen LogP contribution in [0.4, 0.5) is 11.4 Å². The monoisotopic (exact) mass is 301 g/mol. The SMILES string of the molecule is C=CCNCCC(=O)Nc1ccc(N2CCC(C)CC2)cc1. The Morgan fingerprint density at radius 3 is 2.64 bits per heavy atom. The lowest BCUT2D eigenvalue weighted by atomic mass is 9.99. The summed E-state index contributed by atoms with van der Waals surface area (Å²) in [7, 11) is 0. The number of nitrogens with zero attached hydrogens (tertiary/aromatic N) is 1. The van der Waals surface area contributed by atoms with Crippen LogP contribution in [0, 0.1) is 5.92 Å². The van der Waals surface area contributed by atoms with Crippen LogP contribution in [0.2, 0.25) is 0 Å². The zero-order chi connectivity index (χ0) is 15.8. The minimum atomic E-state index is 0.0381. The first-order chi connectivity index (χ1) is 10.7. The number of amides is 1. The van der Waals surface area contributed by atoms with Crippen LogP contribution in [0.3, 0.4) is 0 Å². The van der Waals surface area contributed by atoms with Crippen molar-refractivity contribution in [3.8, 4) is 0 Å². The largest absolute Gasteiger partial charge is 0.372 e. The number of carbonyl (C=O) groups excluding carboxylic acids is 1. The Balaban J connectivity index is 1.79. The minimum Gasteiger partial charge on any atom is -0.372 e. The van der Waals surface area contributed by atoms with Crippen LogP contribution in [0.25, 0.3) is 0 Å². The highest BCUT2D eigenvalue weighted by atomic mass is 16.1. The number of anilines is 2. The van der Waals surface area contributed by atoms with E-state index in [1.54, 1.807) is 6.08 Å². The average Bonchev–Trinajstić information content (AvgIpc) is 2.53. The summed E-state index contributed by atoms with van der Waals surface area (Å²) in [4.78, 5) is 14.2. The molecule has 1 amide bonds. The number of rotatable bonds is 7. The lowest BCUT2D eigenvalue weighted by Gasteiger charge is -2.32. The minimum absolute atomic E-state index is 0.0381. The maximum absolute atomic E-state index is 11.8. The molecule has 1 aromatic carbocycles. The quantitative estimate of drug-likeness (QED) is 0.601. The third-order valence-corrected chi connectivity index (χ3v) is 4.12. The summed E-state index contributed by atoms with van der Waals surface area (Å²) in [5.74, 6) is 0.876. The molecule has 1 aliphatic heterocycles. The molecule has 1 saturated heterocycles. The van der Waals surface area contributed by atoms with E-state index >= 15 is 0 Å². The number of hydrogen-bond donors (Lipinski definition) is 2. The van der Waals surface area contributed by atoms with Crippen molar-refractivity contribution in [3.05, 3.63) is 36.9 Å². The van der Waals surface area contributed by atoms with Crippen molar-refractivity contribution in [2.24, 2.45) is 5.92 Å². The molecular formula is C18H27N3O. The fourth-order valence-corrected chi connectivity index (χ4v) is 2.65. The molecular weight excluding hydrogens is 274 g/mol. The van der Waals surface area contributed by atoms with Crippen molar-refractivity contribution < 1.29 is 4.79 Å². The Morgan fingerprint density at radius 2 is 2.00 bits per heavy atom. The summed E-state index contributed by atoms with van der Waals surface area (Å²) in [5.41, 5.74) is 2.11. The fraction of sp³-hybridized carbons (Fsp3) is 0.500. The zero-order valence-electron chi connectivity index (χ0n) is 13.5. The van der Waals surface area contributed by atoms with Gasteiger partial charge in [-0.15, -0.1) is 6.58 Å². The first-order valence-corrected chi connectivity index (χ1v) is 8.15. The van der Waals surface area contributed by atoms with E-state index in [9.17, 15) is 4.79 Å². The van der Waals surface area contributed by atoms with E-state index in [0.29, 0.717) is 13.0 Å². The van der Waals surface area contributed by atoms with Crippen molar-refractivity contribution in [1.82, 2.24) is 5.32 Å². The number of nitrogens with one attached hydrogen (secondary N) is 2. The van der Waals surface area contributed by atoms with E-state index < -0.39 is 0 Å². The van der Waals surface area contributed by atoms with Gasteiger partial charge >= 0.3 is 0 Å². The van der Waals surface area contributed by atoms with Crippen molar-refractivity contribution in [3.63, 3.8) is 0 Å². The molecule has 0 aliphatic carbocycles. The molecule has 4 heteroatoms. The molecule has 1 aromatic rings. The van der Waals surface area contributed by atoms with Gasteiger partial charge in [0.05, 0.1) is 0 Å². The van der Waals surface area contributed by atoms with Crippen LogP contribution in [0.1, 0.15) is 26.2 Å². The maximum atomic E-state index is 11.8. The highest BCUT2D eigenvalue weighted by molar-refractivity contribution is 5.91.